The smallest absolute Gasteiger partial charge is 0.302 e. The summed E-state index contributed by atoms with van der Waals surface area (Å²) in [6, 6.07) is 13.3. The van der Waals surface area contributed by atoms with Crippen LogP contribution >= 0.6 is 0 Å². The lowest BCUT2D eigenvalue weighted by molar-refractivity contribution is -0.142. The Morgan fingerprint density at radius 3 is 2.62 bits per heavy atom. The summed E-state index contributed by atoms with van der Waals surface area (Å²) in [6.07, 6.45) is 0. The van der Waals surface area contributed by atoms with Crippen LogP contribution in [0, 0.1) is 0 Å². The Kier molecular flexibility index (Phi) is 3.51. The first-order valence-corrected chi connectivity index (χ1v) is 7.74. The van der Waals surface area contributed by atoms with Crippen molar-refractivity contribution < 1.29 is 13.7 Å². The Morgan fingerprint density at radius 2 is 1.86 bits per heavy atom. The van der Waals surface area contributed by atoms with E-state index < -0.39 is 10.8 Å². The van der Waals surface area contributed by atoms with Crippen molar-refractivity contribution in [3.05, 3.63) is 48.0 Å². The third-order valence-corrected chi connectivity index (χ3v) is 4.92. The van der Waals surface area contributed by atoms with Crippen molar-refractivity contribution in [1.82, 2.24) is 0 Å². The van der Waals surface area contributed by atoms with E-state index in [-0.39, 0.29) is 12.6 Å². The molecule has 2 aromatic rings. The van der Waals surface area contributed by atoms with Crippen LogP contribution in [0.1, 0.15) is 12.5 Å². The molecule has 0 radical (unpaired) electrons. The fourth-order valence-electron chi connectivity index (χ4n) is 2.40. The third-order valence-electron chi connectivity index (χ3n) is 3.45. The van der Waals surface area contributed by atoms with Crippen LogP contribution in [0.3, 0.4) is 0 Å². The van der Waals surface area contributed by atoms with E-state index in [0.29, 0.717) is 0 Å². The number of anilines is 2. The van der Waals surface area contributed by atoms with Gasteiger partial charge in [0, 0.05) is 14.0 Å². The van der Waals surface area contributed by atoms with Gasteiger partial charge in [-0.25, -0.2) is 4.21 Å². The van der Waals surface area contributed by atoms with Gasteiger partial charge in [-0.15, -0.1) is 0 Å². The van der Waals surface area contributed by atoms with Gasteiger partial charge in [-0.2, -0.15) is 0 Å². The average Bonchev–Trinajstić information content (AvgIpc) is 2.50. The van der Waals surface area contributed by atoms with Crippen molar-refractivity contribution in [3.8, 4) is 0 Å². The van der Waals surface area contributed by atoms with Crippen LogP contribution in [0.25, 0.3) is 0 Å². The Morgan fingerprint density at radius 1 is 1.14 bits per heavy atom. The molecule has 0 spiro atoms. The average molecular weight is 301 g/mol. The van der Waals surface area contributed by atoms with Gasteiger partial charge in [0.05, 0.1) is 32.0 Å². The lowest BCUT2D eigenvalue weighted by Crippen LogP contribution is -2.19. The zero-order valence-corrected chi connectivity index (χ0v) is 12.6. The van der Waals surface area contributed by atoms with Crippen LogP contribution in [-0.2, 0) is 26.9 Å². The number of fused-ring (bicyclic) bond motifs is 2. The number of carbonyl (C=O) groups excluding carboxylic acids is 1. The monoisotopic (exact) mass is 301 g/mol. The minimum atomic E-state index is -1.22. The van der Waals surface area contributed by atoms with Gasteiger partial charge in [0.1, 0.15) is 6.61 Å². The van der Waals surface area contributed by atoms with E-state index in [2.05, 4.69) is 0 Å². The molecule has 1 aliphatic heterocycles. The summed E-state index contributed by atoms with van der Waals surface area (Å²) < 4.78 is 17.7. The van der Waals surface area contributed by atoms with E-state index in [0.717, 1.165) is 26.7 Å². The number of para-hydroxylation sites is 1. The SMILES string of the molecule is CC(=O)OCc1ccc2c(c1)S(=O)c1ccccc1N2C. The van der Waals surface area contributed by atoms with Crippen molar-refractivity contribution in [2.24, 2.45) is 0 Å². The number of ether oxygens (including phenoxy) is 1. The summed E-state index contributed by atoms with van der Waals surface area (Å²) in [6.45, 7) is 1.58. The van der Waals surface area contributed by atoms with Gasteiger partial charge in [0.15, 0.2) is 0 Å². The van der Waals surface area contributed by atoms with Gasteiger partial charge in [-0.05, 0) is 29.8 Å². The standard InChI is InChI=1S/C16H15NO3S/c1-11(18)20-10-12-7-8-14-16(9-12)21(19)15-6-4-3-5-13(15)17(14)2/h3-9H,10H2,1-2H3. The number of rotatable bonds is 2. The van der Waals surface area contributed by atoms with Gasteiger partial charge in [-0.3, -0.25) is 4.79 Å². The van der Waals surface area contributed by atoms with Crippen LogP contribution in [-0.4, -0.2) is 17.2 Å². The van der Waals surface area contributed by atoms with Crippen molar-refractivity contribution in [3.63, 3.8) is 0 Å². The predicted molar refractivity (Wildman–Crippen MR) is 81.1 cm³/mol. The first kappa shape index (κ1) is 13.8. The molecule has 21 heavy (non-hydrogen) atoms. The van der Waals surface area contributed by atoms with Crippen LogP contribution in [0.4, 0.5) is 11.4 Å². The topological polar surface area (TPSA) is 46.6 Å². The predicted octanol–water partition coefficient (Wildman–Crippen LogP) is 3.00. The zero-order valence-electron chi connectivity index (χ0n) is 11.8. The molecule has 0 aromatic heterocycles. The number of esters is 1. The second-order valence-electron chi connectivity index (χ2n) is 4.88. The molecular weight excluding hydrogens is 286 g/mol. The molecule has 1 unspecified atom stereocenters. The fraction of sp³-hybridized carbons (Fsp3) is 0.188. The Hall–Kier alpha value is -2.14. The van der Waals surface area contributed by atoms with E-state index in [9.17, 15) is 9.00 Å². The largest absolute Gasteiger partial charge is 0.461 e. The third kappa shape index (κ3) is 2.45. The van der Waals surface area contributed by atoms with Gasteiger partial charge >= 0.3 is 5.97 Å². The molecule has 4 nitrogen and oxygen atoms in total. The molecule has 3 rings (SSSR count). The van der Waals surface area contributed by atoms with Gasteiger partial charge in [0.25, 0.3) is 0 Å². The van der Waals surface area contributed by atoms with Crippen molar-refractivity contribution in [1.29, 1.82) is 0 Å². The molecule has 0 aliphatic carbocycles. The lowest BCUT2D eigenvalue weighted by Gasteiger charge is -2.29. The second kappa shape index (κ2) is 5.33. The molecule has 0 saturated carbocycles. The number of benzene rings is 2. The normalized spacial score (nSPS) is 16.1. The highest BCUT2D eigenvalue weighted by atomic mass is 32.2. The summed E-state index contributed by atoms with van der Waals surface area (Å²) in [4.78, 5) is 14.5. The molecule has 5 heteroatoms. The maximum absolute atomic E-state index is 12.7. The molecular formula is C16H15NO3S. The van der Waals surface area contributed by atoms with Crippen molar-refractivity contribution in [2.45, 2.75) is 23.3 Å². The van der Waals surface area contributed by atoms with E-state index in [1.807, 2.05) is 54.4 Å². The van der Waals surface area contributed by atoms with E-state index in [1.54, 1.807) is 0 Å². The van der Waals surface area contributed by atoms with Crippen molar-refractivity contribution in [2.75, 3.05) is 11.9 Å². The molecule has 108 valence electrons. The molecule has 0 fully saturated rings. The van der Waals surface area contributed by atoms with Crippen LogP contribution in [0.5, 0.6) is 0 Å². The Labute approximate surface area is 125 Å². The molecule has 1 atom stereocenters. The summed E-state index contributed by atoms with van der Waals surface area (Å²) in [5, 5.41) is 0. The van der Waals surface area contributed by atoms with Gasteiger partial charge in [0.2, 0.25) is 0 Å². The fourth-order valence-corrected chi connectivity index (χ4v) is 3.89. The zero-order chi connectivity index (χ0) is 15.0. The first-order valence-electron chi connectivity index (χ1n) is 6.59. The Bertz CT molecular complexity index is 742. The number of carbonyl (C=O) groups is 1. The van der Waals surface area contributed by atoms with Crippen LogP contribution in [0.15, 0.2) is 52.3 Å². The highest BCUT2D eigenvalue weighted by Gasteiger charge is 2.25. The Balaban J connectivity index is 2.02. The molecule has 0 saturated heterocycles. The van der Waals surface area contributed by atoms with E-state index in [1.165, 1.54) is 6.92 Å². The first-order chi connectivity index (χ1) is 10.1. The summed E-state index contributed by atoms with van der Waals surface area (Å²) in [5.74, 6) is -0.323. The molecule has 0 N–H and O–H groups in total. The number of hydrogen-bond acceptors (Lipinski definition) is 4. The van der Waals surface area contributed by atoms with Gasteiger partial charge < -0.3 is 9.64 Å². The van der Waals surface area contributed by atoms with Gasteiger partial charge in [-0.1, -0.05) is 18.2 Å². The summed E-state index contributed by atoms with van der Waals surface area (Å²) in [5.41, 5.74) is 2.71. The minimum absolute atomic E-state index is 0.200. The van der Waals surface area contributed by atoms with Crippen molar-refractivity contribution >= 4 is 28.1 Å². The quantitative estimate of drug-likeness (QED) is 0.800. The minimum Gasteiger partial charge on any atom is -0.461 e. The highest BCUT2D eigenvalue weighted by Crippen LogP contribution is 2.41. The summed E-state index contributed by atoms with van der Waals surface area (Å²) >= 11 is 0. The maximum Gasteiger partial charge on any atom is 0.302 e. The molecule has 1 heterocycles. The van der Waals surface area contributed by atoms with E-state index >= 15 is 0 Å². The molecule has 0 bridgehead atoms. The van der Waals surface area contributed by atoms with Crippen LogP contribution < -0.4 is 4.90 Å². The molecule has 0 amide bonds. The maximum atomic E-state index is 12.7. The van der Waals surface area contributed by atoms with Crippen LogP contribution in [0.2, 0.25) is 0 Å². The highest BCUT2D eigenvalue weighted by molar-refractivity contribution is 7.85. The number of nitrogens with zero attached hydrogens (tertiary/aromatic N) is 1. The lowest BCUT2D eigenvalue weighted by atomic mass is 10.2. The second-order valence-corrected chi connectivity index (χ2v) is 6.29. The van der Waals surface area contributed by atoms with E-state index in [4.69, 9.17) is 4.74 Å². The molecule has 2 aromatic carbocycles. The number of hydrogen-bond donors (Lipinski definition) is 0. The summed E-state index contributed by atoms with van der Waals surface area (Å²) in [7, 11) is 0.741. The molecule has 1 aliphatic rings.